The van der Waals surface area contributed by atoms with Crippen LogP contribution in [0, 0.1) is 59.2 Å². The van der Waals surface area contributed by atoms with E-state index in [1.54, 1.807) is 20.3 Å². The van der Waals surface area contributed by atoms with Crippen molar-refractivity contribution < 1.29 is 43.8 Å². The predicted molar refractivity (Wildman–Crippen MR) is 345 cm³/mol. The van der Waals surface area contributed by atoms with Crippen LogP contribution >= 0.6 is 21.6 Å². The monoisotopic (exact) mass is 1220 g/mol. The normalized spacial score (nSPS) is 32.6. The lowest BCUT2D eigenvalue weighted by atomic mass is 9.61. The first-order valence-corrected chi connectivity index (χ1v) is 34.9. The fourth-order valence-electron chi connectivity index (χ4n) is 18.4. The summed E-state index contributed by atoms with van der Waals surface area (Å²) in [7, 11) is 7.20. The molecule has 11 bridgehead atoms. The van der Waals surface area contributed by atoms with Crippen LogP contribution in [0.4, 0.5) is 0 Å². The maximum Gasteiger partial charge on any atom is 0.302 e. The van der Waals surface area contributed by atoms with Gasteiger partial charge in [0.05, 0.1) is 37.5 Å². The number of esters is 1. The fraction of sp³-hybridized carbons (Fsp3) is 0.521. The largest absolute Gasteiger partial charge is 0.508 e. The van der Waals surface area contributed by atoms with E-state index in [2.05, 4.69) is 100 Å². The van der Waals surface area contributed by atoms with Crippen LogP contribution in [0.5, 0.6) is 28.7 Å². The number of hydrogen-bond donors (Lipinski definition) is 7. The number of aliphatic hydroxyl groups excluding tert-OH is 1. The van der Waals surface area contributed by atoms with Gasteiger partial charge in [0.15, 0.2) is 11.5 Å². The molecule has 11 aliphatic rings. The highest BCUT2D eigenvalue weighted by atomic mass is 33.1. The third-order valence-corrected chi connectivity index (χ3v) is 24.9. The van der Waals surface area contributed by atoms with Crippen LogP contribution in [-0.2, 0) is 44.5 Å². The number of dihydropyridines is 1. The minimum absolute atomic E-state index is 0.0135. The number of carbonyl (C=O) groups is 1. The number of phenolic OH excluding ortho intramolecular Hbond substituents is 2. The smallest absolute Gasteiger partial charge is 0.302 e. The highest BCUT2D eigenvalue weighted by Crippen LogP contribution is 2.65. The molecule has 2 spiro atoms. The number of fused-ring (bicyclic) bond motifs is 16. The zero-order valence-electron chi connectivity index (χ0n) is 50.8. The molecule has 6 aliphatic heterocycles. The van der Waals surface area contributed by atoms with Crippen molar-refractivity contribution >= 4 is 33.6 Å². The lowest BCUT2D eigenvalue weighted by molar-refractivity contribution is -0.141. The van der Waals surface area contributed by atoms with E-state index in [4.69, 9.17) is 29.4 Å². The van der Waals surface area contributed by atoms with Gasteiger partial charge in [-0.25, -0.2) is 0 Å². The van der Waals surface area contributed by atoms with E-state index in [1.165, 1.54) is 30.9 Å². The van der Waals surface area contributed by atoms with E-state index in [-0.39, 0.29) is 78.4 Å². The number of nitrogens with two attached hydrogens (primary N) is 1. The molecular formula is C73H82N4O9S2. The van der Waals surface area contributed by atoms with E-state index in [0.717, 1.165) is 126 Å². The molecule has 5 aliphatic carbocycles. The number of methoxy groups -OCH3 is 2. The Morgan fingerprint density at radius 3 is 2.64 bits per heavy atom. The van der Waals surface area contributed by atoms with Crippen LogP contribution < -0.4 is 35.9 Å². The summed E-state index contributed by atoms with van der Waals surface area (Å²) in [6.45, 7) is 2.37. The van der Waals surface area contributed by atoms with Crippen LogP contribution in [0.3, 0.4) is 0 Å². The van der Waals surface area contributed by atoms with Gasteiger partial charge in [-0.15, -0.1) is 0 Å². The first-order valence-electron chi connectivity index (χ1n) is 32.5. The molecule has 88 heavy (non-hydrogen) atoms. The topological polar surface area (TPSA) is 186 Å². The molecule has 3 saturated carbocycles. The Labute approximate surface area is 525 Å². The Hall–Kier alpha value is -6.01. The van der Waals surface area contributed by atoms with Gasteiger partial charge in [0.1, 0.15) is 42.0 Å². The summed E-state index contributed by atoms with van der Waals surface area (Å²) in [5.74, 6) is 17.8. The Morgan fingerprint density at radius 1 is 0.920 bits per heavy atom. The van der Waals surface area contributed by atoms with Gasteiger partial charge >= 0.3 is 5.97 Å². The Bertz CT molecular complexity index is 3680. The first-order chi connectivity index (χ1) is 42.9. The van der Waals surface area contributed by atoms with Crippen molar-refractivity contribution in [2.45, 2.75) is 150 Å². The molecule has 0 amide bonds. The molecule has 1 saturated heterocycles. The zero-order valence-corrected chi connectivity index (χ0v) is 52.4. The highest BCUT2D eigenvalue weighted by Gasteiger charge is 2.54. The maximum atomic E-state index is 13.7. The van der Waals surface area contributed by atoms with Crippen LogP contribution in [0.15, 0.2) is 78.0 Å². The summed E-state index contributed by atoms with van der Waals surface area (Å²) in [4.78, 5) is 13.4. The number of hydrogen-bond acceptors (Lipinski definition) is 15. The number of carbonyl (C=O) groups excluding carboxylic acids is 1. The van der Waals surface area contributed by atoms with Crippen molar-refractivity contribution in [2.75, 3.05) is 52.1 Å². The van der Waals surface area contributed by atoms with E-state index < -0.39 is 35.5 Å². The molecule has 4 aromatic carbocycles. The summed E-state index contributed by atoms with van der Waals surface area (Å²) in [6.07, 6.45) is 19.6. The molecule has 6 heterocycles. The summed E-state index contributed by atoms with van der Waals surface area (Å²) in [6, 6.07) is 17.6. The summed E-state index contributed by atoms with van der Waals surface area (Å²) in [5, 5.41) is 48.6. The third-order valence-electron chi connectivity index (χ3n) is 22.4. The van der Waals surface area contributed by atoms with Crippen LogP contribution in [-0.4, -0.2) is 97.7 Å². The SMILES string of the molecule is COC[C@H]1[C@@H](CO)CNCc2c(O)c3c(c4c2[C@H]2C#CC5=C(C=CC(N)N5)[C@@H](Cc5cccc(c5)C5(CCCC5)[C@@H]1C#C2)[C@@H]1CC[C@@]2(Cc5cc(O)cc(OC)c5-c5ccc6c(c52)O[C@H]4[C@H]6COC(C)=O)C1)C=C[C@@H]1N[C@H]2CCC[C@H](CSSC[C@H]1O3)C2. The second kappa shape index (κ2) is 23.7. The summed E-state index contributed by atoms with van der Waals surface area (Å²) >= 11 is 0. The molecule has 8 N–H and O–H groups in total. The van der Waals surface area contributed by atoms with Gasteiger partial charge in [-0.1, -0.05) is 113 Å². The number of benzene rings is 4. The first kappa shape index (κ1) is 58.4. The number of aromatic hydroxyl groups is 2. The fourth-order valence-corrected chi connectivity index (χ4v) is 21.1. The van der Waals surface area contributed by atoms with Gasteiger partial charge in [0.2, 0.25) is 0 Å². The van der Waals surface area contributed by atoms with Crippen molar-refractivity contribution in [3.63, 3.8) is 0 Å². The van der Waals surface area contributed by atoms with Gasteiger partial charge in [-0.2, -0.15) is 0 Å². The molecule has 14 atom stereocenters. The van der Waals surface area contributed by atoms with E-state index in [1.807, 2.05) is 27.7 Å². The van der Waals surface area contributed by atoms with E-state index >= 15 is 0 Å². The van der Waals surface area contributed by atoms with Crippen molar-refractivity contribution in [3.8, 4) is 63.6 Å². The molecule has 460 valence electrons. The average Bonchev–Trinajstić information content (AvgIpc) is 1.48. The minimum atomic E-state index is -0.850. The average molecular weight is 1220 g/mol. The van der Waals surface area contributed by atoms with E-state index in [9.17, 15) is 20.1 Å². The van der Waals surface area contributed by atoms with Gasteiger partial charge in [0, 0.05) is 119 Å². The molecule has 0 aromatic heterocycles. The number of phenols is 2. The Balaban J connectivity index is 1.07. The van der Waals surface area contributed by atoms with Gasteiger partial charge in [0.25, 0.3) is 0 Å². The lowest BCUT2D eigenvalue weighted by Gasteiger charge is -2.42. The summed E-state index contributed by atoms with van der Waals surface area (Å²) in [5.41, 5.74) is 18.3. The lowest BCUT2D eigenvalue weighted by Crippen LogP contribution is -2.49. The van der Waals surface area contributed by atoms with Crippen LogP contribution in [0.25, 0.3) is 17.2 Å². The number of allylic oxidation sites excluding steroid dienone is 3. The Morgan fingerprint density at radius 2 is 1.80 bits per heavy atom. The second-order valence-electron chi connectivity index (χ2n) is 27.3. The third kappa shape index (κ3) is 10.0. The summed E-state index contributed by atoms with van der Waals surface area (Å²) < 4.78 is 34.4. The molecule has 15 heteroatoms. The number of rotatable bonds is 6. The van der Waals surface area contributed by atoms with Gasteiger partial charge < -0.3 is 60.7 Å². The highest BCUT2D eigenvalue weighted by molar-refractivity contribution is 8.76. The molecule has 1 unspecified atom stereocenters. The van der Waals surface area contributed by atoms with Crippen molar-refractivity contribution in [1.29, 1.82) is 0 Å². The standard InChI is InChI=1S/C73H82N4O9S2/c1-40(79)84-37-57-51-14-15-52-64-45(29-49(80)30-61(64)83-3)32-72-25-22-44(31-72)54-28-41-8-6-10-47(26-41)73(23-4-5-24-73)58-18-12-43(13-19-59-50(54)17-21-63(74)77-59)65-55(34-75-33-46(35-78)56(58)36-82-2)68(81)71-53(66(65)69(57)86-70(51)67(52)72)16-20-60-62(85-71)39-88-87-38-42-9-7-11-48(27-42)76-60/h6,8,10,14-17,20-21,26,29-30,42-44,46,48,54,56-58,60,62-63,69,75-78,80-81H,4-5,7,9,11,22-25,27-28,31-39,74H2,1-3H3/t42-,43+,44+,46+,48-,54-,56-,57-,58+,60-,62+,63?,69-,72-/m0/s1. The van der Waals surface area contributed by atoms with Gasteiger partial charge in [-0.3, -0.25) is 4.79 Å². The molecule has 4 aromatic rings. The van der Waals surface area contributed by atoms with Crippen LogP contribution in [0.1, 0.15) is 146 Å². The molecule has 0 radical (unpaired) electrons. The predicted octanol–water partition coefficient (Wildman–Crippen LogP) is 10.9. The molecule has 15 rings (SSSR count). The van der Waals surface area contributed by atoms with Crippen molar-refractivity contribution in [1.82, 2.24) is 16.0 Å². The van der Waals surface area contributed by atoms with Crippen molar-refractivity contribution in [3.05, 3.63) is 128 Å². The Kier molecular flexibility index (Phi) is 15.7. The number of aliphatic hydroxyl groups is 1. The number of ether oxygens (including phenoxy) is 5. The van der Waals surface area contributed by atoms with Gasteiger partial charge in [-0.05, 0) is 133 Å². The maximum absolute atomic E-state index is 13.7. The molecule has 4 fully saturated rings. The quantitative estimate of drug-likeness (QED) is 0.0549. The molecule has 13 nitrogen and oxygen atoms in total. The molecular weight excluding hydrogens is 1140 g/mol. The second-order valence-corrected chi connectivity index (χ2v) is 29.8. The minimum Gasteiger partial charge on any atom is -0.508 e. The van der Waals surface area contributed by atoms with Crippen molar-refractivity contribution in [2.24, 2.45) is 41.2 Å². The zero-order chi connectivity index (χ0) is 60.0. The van der Waals surface area contributed by atoms with E-state index in [0.29, 0.717) is 59.9 Å². The number of nitrogens with one attached hydrogen (secondary N) is 3. The van der Waals surface area contributed by atoms with Crippen LogP contribution in [0.2, 0.25) is 0 Å².